The number of aryl methyl sites for hydroxylation is 1. The van der Waals surface area contributed by atoms with Crippen LogP contribution in [0.5, 0.6) is 0 Å². The first-order valence-corrected chi connectivity index (χ1v) is 5.47. The number of hydrogen-bond acceptors (Lipinski definition) is 0. The van der Waals surface area contributed by atoms with E-state index in [1.165, 1.54) is 5.56 Å². The van der Waals surface area contributed by atoms with Gasteiger partial charge in [-0.05, 0) is 6.92 Å². The van der Waals surface area contributed by atoms with Crippen LogP contribution in [0.4, 0.5) is 3.61 Å². The Morgan fingerprint density at radius 2 is 1.27 bits per heavy atom. The second-order valence-electron chi connectivity index (χ2n) is 2.97. The van der Waals surface area contributed by atoms with E-state index in [0.717, 1.165) is 0 Å². The molecule has 0 spiro atoms. The van der Waals surface area contributed by atoms with Gasteiger partial charge in [0.15, 0.2) is 0 Å². The summed E-state index contributed by atoms with van der Waals surface area (Å²) >= 11 is 0.112. The van der Waals surface area contributed by atoms with Gasteiger partial charge in [0.05, 0.1) is 0 Å². The zero-order valence-electron chi connectivity index (χ0n) is 8.47. The second-order valence-corrected chi connectivity index (χ2v) is 3.73. The average molecular weight is 247 g/mol. The molecule has 0 fully saturated rings. The Balaban J connectivity index is 0.000000151. The maximum absolute atomic E-state index is 11.7. The molecule has 0 aliphatic rings. The van der Waals surface area contributed by atoms with E-state index in [4.69, 9.17) is 0 Å². The van der Waals surface area contributed by atoms with Crippen molar-refractivity contribution in [2.45, 2.75) is 6.92 Å². The summed E-state index contributed by atoms with van der Waals surface area (Å²) < 4.78 is 12.3. The van der Waals surface area contributed by atoms with Crippen LogP contribution < -0.4 is 4.53 Å². The zero-order valence-corrected chi connectivity index (χ0v) is 9.46. The van der Waals surface area contributed by atoms with Gasteiger partial charge >= 0.3 is 53.4 Å². The molecule has 0 amide bonds. The van der Waals surface area contributed by atoms with Crippen LogP contribution in [0.25, 0.3) is 0 Å². The molecule has 0 radical (unpaired) electrons. The van der Waals surface area contributed by atoms with Crippen LogP contribution in [0, 0.1) is 6.92 Å². The molecule has 0 saturated heterocycles. The molecular weight excluding hydrogens is 234 g/mol. The van der Waals surface area contributed by atoms with Crippen molar-refractivity contribution >= 4 is 4.53 Å². The van der Waals surface area contributed by atoms with Crippen molar-refractivity contribution in [1.29, 1.82) is 0 Å². The van der Waals surface area contributed by atoms with Crippen LogP contribution in [0.1, 0.15) is 5.56 Å². The monoisotopic (exact) mass is 246 g/mol. The standard InChI is InChI=1S/C7H8.C6H5.FH.Ni/c1-7-5-3-2-4-6-7;1-2-4-6-5-3-1;;/h2-6H,1H3;1-5H;1H;/q;;;+1/p-1. The first-order chi connectivity index (χ1) is 7.33. The van der Waals surface area contributed by atoms with Gasteiger partial charge in [0, 0.05) is 0 Å². The van der Waals surface area contributed by atoms with Crippen molar-refractivity contribution in [3.63, 3.8) is 0 Å². The van der Waals surface area contributed by atoms with Gasteiger partial charge in [-0.15, -0.1) is 0 Å². The Labute approximate surface area is 96.4 Å². The molecule has 0 aliphatic heterocycles. The summed E-state index contributed by atoms with van der Waals surface area (Å²) in [5.41, 5.74) is 1.32. The van der Waals surface area contributed by atoms with Crippen molar-refractivity contribution in [3.05, 3.63) is 66.2 Å². The van der Waals surface area contributed by atoms with E-state index >= 15 is 0 Å². The van der Waals surface area contributed by atoms with E-state index in [-0.39, 0.29) is 14.9 Å². The second kappa shape index (κ2) is 7.19. The van der Waals surface area contributed by atoms with Crippen LogP contribution in [0.15, 0.2) is 60.7 Å². The molecule has 0 saturated carbocycles. The quantitative estimate of drug-likeness (QED) is 0.678. The minimum absolute atomic E-state index is 0.112. The molecule has 2 aromatic rings. The van der Waals surface area contributed by atoms with E-state index < -0.39 is 0 Å². The van der Waals surface area contributed by atoms with E-state index in [1.807, 2.05) is 36.4 Å². The molecule has 0 bridgehead atoms. The molecule has 2 aromatic carbocycles. The van der Waals surface area contributed by atoms with Gasteiger partial charge < -0.3 is 0 Å². The topological polar surface area (TPSA) is 0 Å². The number of benzene rings is 2. The molecule has 0 unspecified atom stereocenters. The molecule has 0 N–H and O–H groups in total. The van der Waals surface area contributed by atoms with Crippen molar-refractivity contribution < 1.29 is 18.5 Å². The molecular formula is C13H13FNi. The van der Waals surface area contributed by atoms with Gasteiger partial charge in [0.2, 0.25) is 0 Å². The third kappa shape index (κ3) is 5.34. The first-order valence-electron chi connectivity index (χ1n) is 4.60. The van der Waals surface area contributed by atoms with Gasteiger partial charge in [-0.25, -0.2) is 0 Å². The van der Waals surface area contributed by atoms with E-state index in [2.05, 4.69) is 19.1 Å². The molecule has 0 nitrogen and oxygen atoms in total. The molecule has 2 rings (SSSR count). The number of hydrogen-bond donors (Lipinski definition) is 0. The third-order valence-electron chi connectivity index (χ3n) is 1.72. The summed E-state index contributed by atoms with van der Waals surface area (Å²) in [6, 6.07) is 19.2. The summed E-state index contributed by atoms with van der Waals surface area (Å²) in [6.45, 7) is 2.08. The molecule has 0 aromatic heterocycles. The van der Waals surface area contributed by atoms with Crippen LogP contribution in [-0.2, 0) is 14.9 Å². The fraction of sp³-hybridized carbons (Fsp3) is 0.0769. The van der Waals surface area contributed by atoms with Crippen molar-refractivity contribution in [2.24, 2.45) is 0 Å². The summed E-state index contributed by atoms with van der Waals surface area (Å²) in [5.74, 6) is 0. The Bertz CT molecular complexity index is 359. The molecule has 82 valence electrons. The van der Waals surface area contributed by atoms with Crippen molar-refractivity contribution in [1.82, 2.24) is 0 Å². The molecule has 2 heteroatoms. The Morgan fingerprint density at radius 3 is 1.53 bits per heavy atom. The normalized spacial score (nSPS) is 9.20. The van der Waals surface area contributed by atoms with E-state index in [1.54, 1.807) is 12.1 Å². The van der Waals surface area contributed by atoms with E-state index in [9.17, 15) is 3.61 Å². The molecule has 0 heterocycles. The fourth-order valence-corrected chi connectivity index (χ4v) is 1.29. The molecule has 15 heavy (non-hydrogen) atoms. The van der Waals surface area contributed by atoms with Crippen molar-refractivity contribution in [2.75, 3.05) is 0 Å². The number of halogens is 1. The Morgan fingerprint density at radius 1 is 0.800 bits per heavy atom. The van der Waals surface area contributed by atoms with Crippen molar-refractivity contribution in [3.8, 4) is 0 Å². The van der Waals surface area contributed by atoms with Crippen LogP contribution in [-0.4, -0.2) is 0 Å². The van der Waals surface area contributed by atoms with Crippen LogP contribution in [0.2, 0.25) is 0 Å². The minimum atomic E-state index is 0.112. The van der Waals surface area contributed by atoms with Gasteiger partial charge in [-0.2, -0.15) is 0 Å². The third-order valence-corrected chi connectivity index (χ3v) is 2.27. The van der Waals surface area contributed by atoms with Gasteiger partial charge in [-0.1, -0.05) is 35.9 Å². The van der Waals surface area contributed by atoms with Crippen LogP contribution in [0.3, 0.4) is 0 Å². The first kappa shape index (κ1) is 11.9. The fourth-order valence-electron chi connectivity index (χ4n) is 0.977. The maximum atomic E-state index is 11.7. The SMILES string of the molecule is Cc1ccccc1.[F][Ni][c]1ccccc1. The molecule has 0 aliphatic carbocycles. The summed E-state index contributed by atoms with van der Waals surface area (Å²) in [6.07, 6.45) is 0. The summed E-state index contributed by atoms with van der Waals surface area (Å²) in [5, 5.41) is 0. The molecule has 0 atom stereocenters. The van der Waals surface area contributed by atoms with Gasteiger partial charge in [-0.3, -0.25) is 0 Å². The van der Waals surface area contributed by atoms with Gasteiger partial charge in [0.1, 0.15) is 0 Å². The van der Waals surface area contributed by atoms with Crippen LogP contribution >= 0.6 is 0 Å². The Kier molecular flexibility index (Phi) is 5.72. The van der Waals surface area contributed by atoms with Gasteiger partial charge in [0.25, 0.3) is 0 Å². The predicted molar refractivity (Wildman–Crippen MR) is 58.4 cm³/mol. The predicted octanol–water partition coefficient (Wildman–Crippen LogP) is 3.27. The summed E-state index contributed by atoms with van der Waals surface area (Å²) in [7, 11) is 0. The average Bonchev–Trinajstić information content (AvgIpc) is 2.32. The summed E-state index contributed by atoms with van der Waals surface area (Å²) in [4.78, 5) is 0. The number of rotatable bonds is 1. The van der Waals surface area contributed by atoms with E-state index in [0.29, 0.717) is 4.53 Å². The Hall–Kier alpha value is -1.14. The zero-order chi connectivity index (χ0) is 10.9.